The lowest BCUT2D eigenvalue weighted by Crippen LogP contribution is -2.30. The van der Waals surface area contributed by atoms with Gasteiger partial charge < -0.3 is 0 Å². The van der Waals surface area contributed by atoms with E-state index in [9.17, 15) is 51.6 Å². The van der Waals surface area contributed by atoms with Crippen LogP contribution in [0.5, 0.6) is 0 Å². The van der Waals surface area contributed by atoms with E-state index in [-0.39, 0.29) is 29.5 Å². The highest BCUT2D eigenvalue weighted by Gasteiger charge is 2.66. The summed E-state index contributed by atoms with van der Waals surface area (Å²) in [5.74, 6) is -1.22. The SMILES string of the molecule is CC1(c2ccc(CCS(=O)(=O)c3cc(S(=O)(=O)CCc4ccc(C5(C(F)(F)F)N=N5)cc4)cc(S(=O)(=O)NCc4ccc(C5(C(F)(F)F)N=N5)cc4)c3)cc2)N=N1. The Morgan fingerprint density at radius 2 is 0.860 bits per heavy atom. The third-order valence-electron chi connectivity index (χ3n) is 9.67. The van der Waals surface area contributed by atoms with Crippen LogP contribution in [-0.4, -0.2) is 49.1 Å². The standard InChI is InChI=1S/C35H29F6N7O6S3/c1-31(43-44-31)25-8-2-22(3-9-25)14-16-55(49,50)28-18-29(56(51,52)17-15-23-4-10-26(11-5-23)32(45-46-32)34(36,37)38)20-30(19-28)57(53,54)42-21-24-6-12-27(13-7-24)33(47-48-33)35(39,40)41/h2-13,18-20,42H,14-17,21H2,1H3. The predicted molar refractivity (Wildman–Crippen MR) is 189 cm³/mol. The van der Waals surface area contributed by atoms with Crippen molar-refractivity contribution in [1.82, 2.24) is 4.72 Å². The van der Waals surface area contributed by atoms with Crippen LogP contribution in [0.15, 0.2) is 136 Å². The van der Waals surface area contributed by atoms with Gasteiger partial charge in [-0.2, -0.15) is 36.6 Å². The van der Waals surface area contributed by atoms with Crippen molar-refractivity contribution in [2.45, 2.75) is 70.3 Å². The summed E-state index contributed by atoms with van der Waals surface area (Å²) in [5, 5.41) is 20.4. The minimum absolute atomic E-state index is 0.0245. The molecule has 7 rings (SSSR count). The Kier molecular flexibility index (Phi) is 9.60. The second-order valence-corrected chi connectivity index (χ2v) is 19.6. The number of hydrogen-bond acceptors (Lipinski definition) is 12. The molecule has 300 valence electrons. The summed E-state index contributed by atoms with van der Waals surface area (Å²) in [6, 6.07) is 18.7. The molecule has 0 spiro atoms. The maximum atomic E-state index is 13.7. The number of halogens is 6. The largest absolute Gasteiger partial charge is 0.442 e. The summed E-state index contributed by atoms with van der Waals surface area (Å²) in [7, 11) is -13.5. The number of alkyl halides is 6. The quantitative estimate of drug-likeness (QED) is 0.123. The molecule has 4 aromatic carbocycles. The highest BCUT2D eigenvalue weighted by atomic mass is 32.2. The van der Waals surface area contributed by atoms with Crippen LogP contribution in [0.25, 0.3) is 0 Å². The fourth-order valence-corrected chi connectivity index (χ4v) is 9.90. The Labute approximate surface area is 321 Å². The molecule has 0 atom stereocenters. The first-order valence-electron chi connectivity index (χ1n) is 16.8. The molecule has 57 heavy (non-hydrogen) atoms. The van der Waals surface area contributed by atoms with Crippen LogP contribution in [0.1, 0.15) is 40.3 Å². The number of benzene rings is 4. The topological polar surface area (TPSA) is 189 Å². The first kappa shape index (κ1) is 40.3. The van der Waals surface area contributed by atoms with Crippen molar-refractivity contribution in [1.29, 1.82) is 0 Å². The summed E-state index contributed by atoms with van der Waals surface area (Å²) in [6.07, 6.45) is -9.81. The average molecular weight is 854 g/mol. The van der Waals surface area contributed by atoms with E-state index in [0.717, 1.165) is 48.0 Å². The molecule has 0 saturated carbocycles. The molecule has 13 nitrogen and oxygen atoms in total. The van der Waals surface area contributed by atoms with E-state index in [2.05, 4.69) is 35.4 Å². The molecule has 0 radical (unpaired) electrons. The highest BCUT2D eigenvalue weighted by Crippen LogP contribution is 2.53. The molecular formula is C35H29F6N7O6S3. The van der Waals surface area contributed by atoms with Crippen LogP contribution in [0.4, 0.5) is 26.3 Å². The third kappa shape index (κ3) is 7.99. The molecule has 3 aliphatic heterocycles. The van der Waals surface area contributed by atoms with E-state index in [1.165, 1.54) is 24.3 Å². The fourth-order valence-electron chi connectivity index (χ4n) is 5.88. The second kappa shape index (κ2) is 13.6. The number of sulfone groups is 2. The van der Waals surface area contributed by atoms with Crippen molar-refractivity contribution in [3.63, 3.8) is 0 Å². The molecule has 0 bridgehead atoms. The Balaban J connectivity index is 1.12. The minimum Gasteiger partial charge on any atom is -0.224 e. The van der Waals surface area contributed by atoms with E-state index in [1.54, 1.807) is 31.2 Å². The number of aryl methyl sites for hydroxylation is 2. The van der Waals surface area contributed by atoms with Gasteiger partial charge in [-0.3, -0.25) is 0 Å². The Morgan fingerprint density at radius 1 is 0.509 bits per heavy atom. The average Bonchev–Trinajstić information content (AvgIpc) is 4.03. The molecule has 3 aliphatic rings. The second-order valence-electron chi connectivity index (χ2n) is 13.7. The number of rotatable bonds is 15. The van der Waals surface area contributed by atoms with Crippen LogP contribution in [0, 0.1) is 0 Å². The minimum atomic E-state index is -4.78. The molecule has 3 heterocycles. The van der Waals surface area contributed by atoms with Crippen molar-refractivity contribution in [3.05, 3.63) is 124 Å². The van der Waals surface area contributed by atoms with Crippen molar-refractivity contribution >= 4 is 29.7 Å². The lowest BCUT2D eigenvalue weighted by atomic mass is 10.0. The van der Waals surface area contributed by atoms with Gasteiger partial charge in [-0.15, -0.1) is 20.5 Å². The van der Waals surface area contributed by atoms with Gasteiger partial charge in [0.05, 0.1) is 26.2 Å². The zero-order chi connectivity index (χ0) is 41.3. The van der Waals surface area contributed by atoms with Gasteiger partial charge in [0.1, 0.15) is 0 Å². The van der Waals surface area contributed by atoms with Crippen LogP contribution < -0.4 is 4.72 Å². The molecule has 0 aromatic heterocycles. The van der Waals surface area contributed by atoms with Crippen LogP contribution in [0.3, 0.4) is 0 Å². The Bertz CT molecular complexity index is 2520. The third-order valence-corrected chi connectivity index (χ3v) is 14.4. The summed E-state index contributed by atoms with van der Waals surface area (Å²) in [4.78, 5) is -1.99. The summed E-state index contributed by atoms with van der Waals surface area (Å²) in [6.45, 7) is 1.32. The first-order chi connectivity index (χ1) is 26.5. The van der Waals surface area contributed by atoms with Crippen molar-refractivity contribution in [2.24, 2.45) is 30.7 Å². The first-order valence-corrected chi connectivity index (χ1v) is 21.6. The van der Waals surface area contributed by atoms with Gasteiger partial charge >= 0.3 is 23.7 Å². The van der Waals surface area contributed by atoms with Gasteiger partial charge in [-0.05, 0) is 54.7 Å². The number of sulfonamides is 1. The lowest BCUT2D eigenvalue weighted by molar-refractivity contribution is -0.166. The van der Waals surface area contributed by atoms with Crippen molar-refractivity contribution in [2.75, 3.05) is 11.5 Å². The van der Waals surface area contributed by atoms with E-state index >= 15 is 0 Å². The normalized spacial score (nSPS) is 17.7. The molecular weight excluding hydrogens is 825 g/mol. The van der Waals surface area contributed by atoms with Crippen molar-refractivity contribution < 1.29 is 51.6 Å². The molecule has 0 aliphatic carbocycles. The van der Waals surface area contributed by atoms with Gasteiger partial charge in [-0.25, -0.2) is 30.0 Å². The van der Waals surface area contributed by atoms with Crippen LogP contribution >= 0.6 is 0 Å². The number of nitrogens with one attached hydrogen (secondary N) is 1. The smallest absolute Gasteiger partial charge is 0.224 e. The highest BCUT2D eigenvalue weighted by molar-refractivity contribution is 7.92. The fraction of sp³-hybridized carbons (Fsp3) is 0.314. The van der Waals surface area contributed by atoms with E-state index < -0.39 is 91.8 Å². The van der Waals surface area contributed by atoms with Gasteiger partial charge in [0.25, 0.3) is 0 Å². The van der Waals surface area contributed by atoms with Crippen molar-refractivity contribution in [3.8, 4) is 0 Å². The van der Waals surface area contributed by atoms with Crippen LogP contribution in [0.2, 0.25) is 0 Å². The predicted octanol–water partition coefficient (Wildman–Crippen LogP) is 7.20. The summed E-state index contributed by atoms with van der Waals surface area (Å²) in [5.41, 5.74) is -4.66. The maximum absolute atomic E-state index is 13.7. The zero-order valence-electron chi connectivity index (χ0n) is 29.3. The molecule has 0 saturated heterocycles. The summed E-state index contributed by atoms with van der Waals surface area (Å²) >= 11 is 0. The Morgan fingerprint density at radius 3 is 1.21 bits per heavy atom. The number of hydrogen-bond donors (Lipinski definition) is 1. The molecule has 0 unspecified atom stereocenters. The maximum Gasteiger partial charge on any atom is 0.442 e. The van der Waals surface area contributed by atoms with E-state index in [1.807, 2.05) is 0 Å². The van der Waals surface area contributed by atoms with Gasteiger partial charge in [0, 0.05) is 23.2 Å². The van der Waals surface area contributed by atoms with Gasteiger partial charge in [0.2, 0.25) is 15.7 Å². The van der Waals surface area contributed by atoms with Gasteiger partial charge in [-0.1, -0.05) is 72.8 Å². The Hall–Kier alpha value is -4.93. The van der Waals surface area contributed by atoms with E-state index in [0.29, 0.717) is 11.1 Å². The van der Waals surface area contributed by atoms with Gasteiger partial charge in [0.15, 0.2) is 19.7 Å². The summed E-state index contributed by atoms with van der Waals surface area (Å²) < 4.78 is 165. The lowest BCUT2D eigenvalue weighted by Gasteiger charge is -2.15. The molecule has 1 N–H and O–H groups in total. The molecule has 4 aromatic rings. The number of nitrogens with zero attached hydrogens (tertiary/aromatic N) is 6. The van der Waals surface area contributed by atoms with E-state index in [4.69, 9.17) is 0 Å². The van der Waals surface area contributed by atoms with Crippen LogP contribution in [-0.2, 0) is 66.1 Å². The molecule has 0 fully saturated rings. The molecule has 22 heteroatoms. The monoisotopic (exact) mass is 853 g/mol. The zero-order valence-corrected chi connectivity index (χ0v) is 31.8. The molecule has 0 amide bonds.